The zero-order valence-corrected chi connectivity index (χ0v) is 11.1. The molecule has 0 saturated heterocycles. The van der Waals surface area contributed by atoms with E-state index >= 15 is 0 Å². The summed E-state index contributed by atoms with van der Waals surface area (Å²) in [6.45, 7) is 2.45. The van der Waals surface area contributed by atoms with E-state index in [1.165, 1.54) is 5.56 Å². The van der Waals surface area contributed by atoms with E-state index in [0.29, 0.717) is 0 Å². The normalized spacial score (nSPS) is 14.9. The highest BCUT2D eigenvalue weighted by atomic mass is 16.3. The van der Waals surface area contributed by atoms with E-state index in [2.05, 4.69) is 31.2 Å². The first kappa shape index (κ1) is 14.2. The summed E-state index contributed by atoms with van der Waals surface area (Å²) in [5, 5.41) is 9.95. The van der Waals surface area contributed by atoms with Crippen LogP contribution in [-0.2, 0) is 6.42 Å². The summed E-state index contributed by atoms with van der Waals surface area (Å²) in [5.41, 5.74) is 8.01. The summed E-state index contributed by atoms with van der Waals surface area (Å²) in [4.78, 5) is 2.01. The quantitative estimate of drug-likeness (QED) is 0.788. The summed E-state index contributed by atoms with van der Waals surface area (Å²) in [6, 6.07) is 8.43. The molecule has 1 aromatic rings. The van der Waals surface area contributed by atoms with Gasteiger partial charge in [0.1, 0.15) is 0 Å². The molecular weight excluding hydrogens is 212 g/mol. The van der Waals surface area contributed by atoms with Crippen molar-refractivity contribution in [2.24, 2.45) is 5.73 Å². The van der Waals surface area contributed by atoms with E-state index in [9.17, 15) is 5.11 Å². The maximum absolute atomic E-state index is 9.95. The molecule has 17 heavy (non-hydrogen) atoms. The minimum absolute atomic E-state index is 0.0318. The summed E-state index contributed by atoms with van der Waals surface area (Å²) in [5.74, 6) is 0. The molecule has 3 nitrogen and oxygen atoms in total. The van der Waals surface area contributed by atoms with Crippen molar-refractivity contribution in [1.29, 1.82) is 0 Å². The van der Waals surface area contributed by atoms with Gasteiger partial charge < -0.3 is 15.7 Å². The van der Waals surface area contributed by atoms with Crippen LogP contribution in [0.2, 0.25) is 0 Å². The zero-order chi connectivity index (χ0) is 12.8. The van der Waals surface area contributed by atoms with Gasteiger partial charge in [0.25, 0.3) is 0 Å². The van der Waals surface area contributed by atoms with Crippen LogP contribution in [-0.4, -0.2) is 36.8 Å². The van der Waals surface area contributed by atoms with Gasteiger partial charge in [0.2, 0.25) is 0 Å². The van der Waals surface area contributed by atoms with Crippen LogP contribution >= 0.6 is 0 Å². The third-order valence-electron chi connectivity index (χ3n) is 3.02. The van der Waals surface area contributed by atoms with E-state index in [0.717, 1.165) is 18.4 Å². The van der Waals surface area contributed by atoms with Crippen molar-refractivity contribution in [2.45, 2.75) is 31.9 Å². The molecule has 0 saturated carbocycles. The molecule has 0 bridgehead atoms. The van der Waals surface area contributed by atoms with E-state index in [1.54, 1.807) is 0 Å². The Bertz CT molecular complexity index is 321. The average molecular weight is 236 g/mol. The predicted octanol–water partition coefficient (Wildman–Crippen LogP) is 1.56. The molecule has 0 amide bonds. The molecular formula is C14H24N2O. The number of hydrogen-bond acceptors (Lipinski definition) is 3. The fraction of sp³-hybridized carbons (Fsp3) is 0.571. The molecule has 0 aliphatic heterocycles. The van der Waals surface area contributed by atoms with Gasteiger partial charge >= 0.3 is 0 Å². The molecule has 0 radical (unpaired) electrons. The Labute approximate surface area is 104 Å². The van der Waals surface area contributed by atoms with Crippen LogP contribution in [0.25, 0.3) is 0 Å². The van der Waals surface area contributed by atoms with Crippen LogP contribution in [0.3, 0.4) is 0 Å². The molecule has 0 heterocycles. The Balaban J connectivity index is 2.87. The number of aliphatic hydroxyl groups is 1. The third kappa shape index (κ3) is 3.80. The van der Waals surface area contributed by atoms with Crippen LogP contribution in [0.1, 0.15) is 30.5 Å². The van der Waals surface area contributed by atoms with Crippen molar-refractivity contribution < 1.29 is 5.11 Å². The van der Waals surface area contributed by atoms with Gasteiger partial charge in [0.05, 0.1) is 12.1 Å². The molecule has 0 aliphatic rings. The third-order valence-corrected chi connectivity index (χ3v) is 3.02. The van der Waals surface area contributed by atoms with Crippen LogP contribution < -0.4 is 5.73 Å². The highest BCUT2D eigenvalue weighted by molar-refractivity contribution is 5.26. The largest absolute Gasteiger partial charge is 0.390 e. The minimum atomic E-state index is -0.526. The van der Waals surface area contributed by atoms with Gasteiger partial charge in [-0.2, -0.15) is 0 Å². The van der Waals surface area contributed by atoms with Gasteiger partial charge in [-0.3, -0.25) is 0 Å². The Morgan fingerprint density at radius 3 is 2.24 bits per heavy atom. The molecule has 3 N–H and O–H groups in total. The molecule has 3 heteroatoms. The van der Waals surface area contributed by atoms with Crippen molar-refractivity contribution in [3.63, 3.8) is 0 Å². The highest BCUT2D eigenvalue weighted by Gasteiger charge is 2.21. The van der Waals surface area contributed by atoms with Crippen molar-refractivity contribution in [3.8, 4) is 0 Å². The lowest BCUT2D eigenvalue weighted by atomic mass is 9.98. The van der Waals surface area contributed by atoms with E-state index in [1.807, 2.05) is 19.0 Å². The van der Waals surface area contributed by atoms with Crippen molar-refractivity contribution >= 4 is 0 Å². The van der Waals surface area contributed by atoms with Crippen LogP contribution in [0.4, 0.5) is 0 Å². The first-order chi connectivity index (χ1) is 8.10. The predicted molar refractivity (Wildman–Crippen MR) is 71.9 cm³/mol. The van der Waals surface area contributed by atoms with Gasteiger partial charge in [0.15, 0.2) is 0 Å². The second-order valence-corrected chi connectivity index (χ2v) is 4.70. The number of rotatable bonds is 6. The first-order valence-electron chi connectivity index (χ1n) is 6.23. The number of nitrogens with two attached hydrogens (primary N) is 1. The highest BCUT2D eigenvalue weighted by Crippen LogP contribution is 2.22. The van der Waals surface area contributed by atoms with Gasteiger partial charge in [-0.15, -0.1) is 0 Å². The zero-order valence-electron chi connectivity index (χ0n) is 11.1. The fourth-order valence-corrected chi connectivity index (χ4v) is 2.16. The molecule has 2 unspecified atom stereocenters. The van der Waals surface area contributed by atoms with Crippen LogP contribution in [0.15, 0.2) is 24.3 Å². The van der Waals surface area contributed by atoms with Gasteiger partial charge in [-0.25, -0.2) is 0 Å². The van der Waals surface area contributed by atoms with E-state index in [-0.39, 0.29) is 12.6 Å². The summed E-state index contributed by atoms with van der Waals surface area (Å²) >= 11 is 0. The monoisotopic (exact) mass is 236 g/mol. The smallest absolute Gasteiger partial charge is 0.0858 e. The SMILES string of the molecule is CCCc1ccc(C(C(O)CN)N(C)C)cc1. The van der Waals surface area contributed by atoms with Crippen LogP contribution in [0, 0.1) is 0 Å². The lowest BCUT2D eigenvalue weighted by Crippen LogP contribution is -2.36. The Morgan fingerprint density at radius 2 is 1.82 bits per heavy atom. The topological polar surface area (TPSA) is 49.5 Å². The van der Waals surface area contributed by atoms with Crippen molar-refractivity contribution in [1.82, 2.24) is 4.90 Å². The van der Waals surface area contributed by atoms with E-state index in [4.69, 9.17) is 5.73 Å². The maximum atomic E-state index is 9.95. The number of benzene rings is 1. The molecule has 0 spiro atoms. The number of nitrogens with zero attached hydrogens (tertiary/aromatic N) is 1. The second-order valence-electron chi connectivity index (χ2n) is 4.70. The Morgan fingerprint density at radius 1 is 1.24 bits per heavy atom. The lowest BCUT2D eigenvalue weighted by molar-refractivity contribution is 0.0823. The van der Waals surface area contributed by atoms with Gasteiger partial charge in [-0.05, 0) is 31.6 Å². The molecule has 0 aliphatic carbocycles. The number of aryl methyl sites for hydroxylation is 1. The minimum Gasteiger partial charge on any atom is -0.390 e. The maximum Gasteiger partial charge on any atom is 0.0858 e. The molecule has 1 rings (SSSR count). The van der Waals surface area contributed by atoms with Gasteiger partial charge in [-0.1, -0.05) is 37.6 Å². The Hall–Kier alpha value is -0.900. The molecule has 1 aromatic carbocycles. The molecule has 0 aromatic heterocycles. The lowest BCUT2D eigenvalue weighted by Gasteiger charge is -2.28. The van der Waals surface area contributed by atoms with Crippen LogP contribution in [0.5, 0.6) is 0 Å². The fourth-order valence-electron chi connectivity index (χ4n) is 2.16. The summed E-state index contributed by atoms with van der Waals surface area (Å²) in [6.07, 6.45) is 1.73. The second kappa shape index (κ2) is 6.74. The number of likely N-dealkylation sites (N-methyl/N-ethyl adjacent to an activating group) is 1. The van der Waals surface area contributed by atoms with Crippen molar-refractivity contribution in [2.75, 3.05) is 20.6 Å². The molecule has 2 atom stereocenters. The number of hydrogen-bond donors (Lipinski definition) is 2. The molecule has 96 valence electrons. The average Bonchev–Trinajstić information content (AvgIpc) is 2.31. The van der Waals surface area contributed by atoms with Gasteiger partial charge in [0, 0.05) is 6.54 Å². The first-order valence-corrected chi connectivity index (χ1v) is 6.23. The standard InChI is InChI=1S/C14H24N2O/c1-4-5-11-6-8-12(9-7-11)14(16(2)3)13(17)10-15/h6-9,13-14,17H,4-5,10,15H2,1-3H3. The van der Waals surface area contributed by atoms with E-state index < -0.39 is 6.10 Å². The van der Waals surface area contributed by atoms with Crippen molar-refractivity contribution in [3.05, 3.63) is 35.4 Å². The summed E-state index contributed by atoms with van der Waals surface area (Å²) < 4.78 is 0. The number of aliphatic hydroxyl groups excluding tert-OH is 1. The molecule has 0 fully saturated rings. The summed E-state index contributed by atoms with van der Waals surface area (Å²) in [7, 11) is 3.92. The Kier molecular flexibility index (Phi) is 5.62.